The minimum atomic E-state index is -4.51. The summed E-state index contributed by atoms with van der Waals surface area (Å²) in [5.41, 5.74) is 1.14. The Hall–Kier alpha value is -3.30. The van der Waals surface area contributed by atoms with E-state index in [0.29, 0.717) is 23.9 Å². The van der Waals surface area contributed by atoms with Crippen molar-refractivity contribution in [3.05, 3.63) is 94.4 Å². The van der Waals surface area contributed by atoms with Gasteiger partial charge in [0.15, 0.2) is 4.32 Å². The van der Waals surface area contributed by atoms with Crippen LogP contribution in [0.3, 0.4) is 0 Å². The highest BCUT2D eigenvalue weighted by molar-refractivity contribution is 8.27. The summed E-state index contributed by atoms with van der Waals surface area (Å²) >= 11 is 6.31. The summed E-state index contributed by atoms with van der Waals surface area (Å²) in [6, 6.07) is 19.4. The summed E-state index contributed by atoms with van der Waals surface area (Å²) in [4.78, 5) is 14.3. The van der Waals surface area contributed by atoms with E-state index in [-0.39, 0.29) is 10.0 Å². The number of alkyl halides is 3. The minimum Gasteiger partial charge on any atom is -0.490 e. The van der Waals surface area contributed by atoms with Crippen molar-refractivity contribution >= 4 is 46.0 Å². The largest absolute Gasteiger partial charge is 0.490 e. The van der Waals surface area contributed by atoms with Crippen LogP contribution in [-0.4, -0.2) is 23.4 Å². The molecule has 0 aromatic heterocycles. The van der Waals surface area contributed by atoms with Crippen LogP contribution in [0.15, 0.2) is 77.7 Å². The number of hydrogen-bond donors (Lipinski definition) is 0. The van der Waals surface area contributed by atoms with Crippen molar-refractivity contribution in [1.82, 2.24) is 0 Å². The number of carbonyl (C=O) groups excluding carboxylic acids is 1. The fourth-order valence-corrected chi connectivity index (χ4v) is 4.58. The Morgan fingerprint density at radius 1 is 0.943 bits per heavy atom. The number of thiocarbonyl (C=S) groups is 1. The van der Waals surface area contributed by atoms with E-state index in [1.54, 1.807) is 30.3 Å². The SMILES string of the molecule is Cc1ccc(OCCOc2ccc(/C=C3\SC(=S)N(c4cccc(C(F)(F)F)c4)C3=O)cc2)cc1. The molecule has 0 unspecified atom stereocenters. The highest BCUT2D eigenvalue weighted by Gasteiger charge is 2.36. The smallest absolute Gasteiger partial charge is 0.416 e. The van der Waals surface area contributed by atoms with E-state index in [9.17, 15) is 18.0 Å². The second-order valence-electron chi connectivity index (χ2n) is 7.64. The zero-order chi connectivity index (χ0) is 25.0. The van der Waals surface area contributed by atoms with Crippen LogP contribution in [0.25, 0.3) is 6.08 Å². The summed E-state index contributed by atoms with van der Waals surface area (Å²) in [5.74, 6) is 0.955. The van der Waals surface area contributed by atoms with Crippen molar-refractivity contribution in [2.75, 3.05) is 18.1 Å². The van der Waals surface area contributed by atoms with Gasteiger partial charge in [0.2, 0.25) is 0 Å². The Balaban J connectivity index is 1.37. The zero-order valence-corrected chi connectivity index (χ0v) is 20.2. The van der Waals surface area contributed by atoms with Gasteiger partial charge in [0.1, 0.15) is 24.7 Å². The topological polar surface area (TPSA) is 38.8 Å². The Bertz CT molecular complexity index is 1260. The maximum atomic E-state index is 13.1. The molecule has 0 radical (unpaired) electrons. The molecule has 0 spiro atoms. The summed E-state index contributed by atoms with van der Waals surface area (Å²) in [6.45, 7) is 2.76. The van der Waals surface area contributed by atoms with Gasteiger partial charge in [-0.25, -0.2) is 0 Å². The van der Waals surface area contributed by atoms with Crippen LogP contribution >= 0.6 is 24.0 Å². The molecule has 1 saturated heterocycles. The molecule has 1 heterocycles. The van der Waals surface area contributed by atoms with Gasteiger partial charge in [0.05, 0.1) is 16.2 Å². The maximum absolute atomic E-state index is 13.1. The van der Waals surface area contributed by atoms with Gasteiger partial charge in [-0.3, -0.25) is 9.69 Å². The molecule has 4 rings (SSSR count). The van der Waals surface area contributed by atoms with Gasteiger partial charge in [-0.15, -0.1) is 0 Å². The number of aryl methyl sites for hydroxylation is 1. The molecule has 35 heavy (non-hydrogen) atoms. The molecule has 4 nitrogen and oxygen atoms in total. The molecule has 3 aromatic carbocycles. The Kier molecular flexibility index (Phi) is 7.47. The van der Waals surface area contributed by atoms with Gasteiger partial charge >= 0.3 is 6.18 Å². The number of ether oxygens (including phenoxy) is 2. The summed E-state index contributed by atoms with van der Waals surface area (Å²) in [7, 11) is 0. The van der Waals surface area contributed by atoms with Crippen molar-refractivity contribution in [2.24, 2.45) is 0 Å². The quantitative estimate of drug-likeness (QED) is 0.195. The third-order valence-electron chi connectivity index (χ3n) is 5.05. The van der Waals surface area contributed by atoms with E-state index in [4.69, 9.17) is 21.7 Å². The first kappa shape index (κ1) is 24.8. The molecule has 1 aliphatic heterocycles. The second-order valence-corrected chi connectivity index (χ2v) is 9.32. The molecule has 180 valence electrons. The van der Waals surface area contributed by atoms with Gasteiger partial charge in [0, 0.05) is 0 Å². The molecule has 0 N–H and O–H groups in total. The second kappa shape index (κ2) is 10.5. The summed E-state index contributed by atoms with van der Waals surface area (Å²) in [5, 5.41) is 0. The van der Waals surface area contributed by atoms with Crippen molar-refractivity contribution in [2.45, 2.75) is 13.1 Å². The number of benzene rings is 3. The number of halogens is 3. The summed E-state index contributed by atoms with van der Waals surface area (Å²) in [6.07, 6.45) is -2.86. The van der Waals surface area contributed by atoms with Crippen LogP contribution in [0.1, 0.15) is 16.7 Å². The number of nitrogens with zero attached hydrogens (tertiary/aromatic N) is 1. The third-order valence-corrected chi connectivity index (χ3v) is 6.35. The highest BCUT2D eigenvalue weighted by atomic mass is 32.2. The van der Waals surface area contributed by atoms with Crippen LogP contribution < -0.4 is 14.4 Å². The minimum absolute atomic E-state index is 0.0855. The molecular formula is C26H20F3NO3S2. The van der Waals surface area contributed by atoms with E-state index >= 15 is 0 Å². The Morgan fingerprint density at radius 3 is 2.14 bits per heavy atom. The average molecular weight is 516 g/mol. The number of amides is 1. The van der Waals surface area contributed by atoms with Crippen molar-refractivity contribution in [1.29, 1.82) is 0 Å². The average Bonchev–Trinajstić information content (AvgIpc) is 3.11. The van der Waals surface area contributed by atoms with E-state index < -0.39 is 17.6 Å². The number of hydrogen-bond acceptors (Lipinski definition) is 5. The lowest BCUT2D eigenvalue weighted by molar-refractivity contribution is -0.137. The van der Waals surface area contributed by atoms with Gasteiger partial charge in [-0.05, 0) is 61.0 Å². The Morgan fingerprint density at radius 2 is 1.54 bits per heavy atom. The molecular weight excluding hydrogens is 495 g/mol. The van der Waals surface area contributed by atoms with Crippen LogP contribution in [0.4, 0.5) is 18.9 Å². The van der Waals surface area contributed by atoms with Crippen LogP contribution in [0.2, 0.25) is 0 Å². The number of carbonyl (C=O) groups is 1. The molecule has 1 amide bonds. The van der Waals surface area contributed by atoms with Gasteiger partial charge < -0.3 is 9.47 Å². The molecule has 1 aliphatic rings. The molecule has 9 heteroatoms. The van der Waals surface area contributed by atoms with Crippen molar-refractivity contribution < 1.29 is 27.4 Å². The summed E-state index contributed by atoms with van der Waals surface area (Å²) < 4.78 is 50.7. The maximum Gasteiger partial charge on any atom is 0.416 e. The molecule has 1 fully saturated rings. The van der Waals surface area contributed by atoms with Gasteiger partial charge in [-0.2, -0.15) is 13.2 Å². The lowest BCUT2D eigenvalue weighted by Gasteiger charge is -2.16. The molecule has 3 aromatic rings. The predicted molar refractivity (Wildman–Crippen MR) is 136 cm³/mol. The normalized spacial score (nSPS) is 15.1. The van der Waals surface area contributed by atoms with E-state index in [0.717, 1.165) is 45.7 Å². The number of anilines is 1. The lowest BCUT2D eigenvalue weighted by atomic mass is 10.1. The predicted octanol–water partition coefficient (Wildman–Crippen LogP) is 6.88. The number of rotatable bonds is 7. The van der Waals surface area contributed by atoms with E-state index in [2.05, 4.69) is 0 Å². The monoisotopic (exact) mass is 515 g/mol. The van der Waals surface area contributed by atoms with Crippen LogP contribution in [-0.2, 0) is 11.0 Å². The van der Waals surface area contributed by atoms with Crippen molar-refractivity contribution in [3.63, 3.8) is 0 Å². The van der Waals surface area contributed by atoms with Crippen LogP contribution in [0, 0.1) is 6.92 Å². The highest BCUT2D eigenvalue weighted by Crippen LogP contribution is 2.38. The lowest BCUT2D eigenvalue weighted by Crippen LogP contribution is -2.27. The Labute approximate surface area is 210 Å². The van der Waals surface area contributed by atoms with Gasteiger partial charge in [-0.1, -0.05) is 59.9 Å². The van der Waals surface area contributed by atoms with Gasteiger partial charge in [0.25, 0.3) is 5.91 Å². The third kappa shape index (κ3) is 6.23. The first-order valence-electron chi connectivity index (χ1n) is 10.6. The number of thioether (sulfide) groups is 1. The van der Waals surface area contributed by atoms with Crippen molar-refractivity contribution in [3.8, 4) is 11.5 Å². The van der Waals surface area contributed by atoms with E-state index in [1.807, 2.05) is 31.2 Å². The zero-order valence-electron chi connectivity index (χ0n) is 18.5. The van der Waals surface area contributed by atoms with E-state index in [1.165, 1.54) is 12.1 Å². The molecule has 0 aliphatic carbocycles. The first-order valence-corrected chi connectivity index (χ1v) is 11.8. The molecule has 0 atom stereocenters. The fourth-order valence-electron chi connectivity index (χ4n) is 3.28. The molecule has 0 bridgehead atoms. The standard InChI is InChI=1S/C26H20F3NO3S2/c1-17-5-9-21(10-6-17)32-13-14-33-22-11-7-18(8-12-22)15-23-24(31)30(25(34)35-23)20-4-2-3-19(16-20)26(27,28)29/h2-12,15-16H,13-14H2,1H3/b23-15-. The fraction of sp³-hybridized carbons (Fsp3) is 0.154. The first-order chi connectivity index (χ1) is 16.7. The molecule has 0 saturated carbocycles. The van der Waals surface area contributed by atoms with Crippen LogP contribution in [0.5, 0.6) is 11.5 Å².